The van der Waals surface area contributed by atoms with Crippen molar-refractivity contribution in [3.05, 3.63) is 188 Å². The number of carboxylic acid groups (broad SMARTS) is 1. The number of amides is 1. The van der Waals surface area contributed by atoms with E-state index in [1.165, 1.54) is 89.6 Å². The summed E-state index contributed by atoms with van der Waals surface area (Å²) in [7, 11) is -29.9. The number of nitrogens with one attached hydrogen (secondary N) is 7. The number of rotatable bonds is 47. The summed E-state index contributed by atoms with van der Waals surface area (Å²) in [5, 5.41) is 96.8. The number of thiocarbonyl (C=S) groups is 1. The predicted molar refractivity (Wildman–Crippen MR) is 506 cm³/mol. The Balaban J connectivity index is 0.000000364. The number of phenols is 1. The third-order valence-corrected chi connectivity index (χ3v) is 26.6. The molecule has 20 N–H and O–H groups in total. The zero-order chi connectivity index (χ0) is 113. The Morgan fingerprint density at radius 2 is 0.973 bits per heavy atom. The summed E-state index contributed by atoms with van der Waals surface area (Å²) in [6.07, 6.45) is -16.5. The first kappa shape index (κ1) is 130. The number of aromatic nitrogens is 8. The van der Waals surface area contributed by atoms with Crippen molar-refractivity contribution in [2.45, 2.75) is 101 Å². The monoisotopic (exact) mass is 2410 g/mol. The molecule has 3 saturated heterocycles. The molecule has 17 atom stereocenters. The number of hydrogen-bond acceptors (Lipinski definition) is 49. The number of quaternary nitrogens is 1. The number of halogens is 5. The van der Waals surface area contributed by atoms with E-state index >= 15 is 0 Å². The number of phosphoric ester groups is 5. The molecule has 1 amide bonds. The van der Waals surface area contributed by atoms with Gasteiger partial charge in [-0.3, -0.25) is 75.5 Å². The summed E-state index contributed by atoms with van der Waals surface area (Å²) in [6, 6.07) is 15.9. The first-order valence-electron chi connectivity index (χ1n) is 43.9. The third kappa shape index (κ3) is 44.7. The normalized spacial score (nSPS) is 21.1. The van der Waals surface area contributed by atoms with Gasteiger partial charge < -0.3 is 182 Å². The quantitative estimate of drug-likeness (QED) is 0.00246. The van der Waals surface area contributed by atoms with Crippen molar-refractivity contribution in [3.8, 4) is 28.2 Å². The second kappa shape index (κ2) is 63.4. The molecule has 0 spiro atoms. The van der Waals surface area contributed by atoms with Crippen LogP contribution in [0.25, 0.3) is 33.4 Å². The number of nitrogens with zero attached hydrogens (tertiary/aromatic N) is 5. The van der Waals surface area contributed by atoms with Crippen molar-refractivity contribution in [1.82, 2.24) is 43.6 Å². The Labute approximate surface area is 861 Å². The predicted octanol–water partition coefficient (Wildman–Crippen LogP) is -8.02. The van der Waals surface area contributed by atoms with Crippen LogP contribution in [-0.4, -0.2) is 307 Å². The molecule has 846 valence electrons. The summed E-state index contributed by atoms with van der Waals surface area (Å²) in [4.78, 5) is 192. The molecule has 73 heteroatoms. The fourth-order valence-electron chi connectivity index (χ4n) is 12.6. The zero-order valence-electron chi connectivity index (χ0n) is 80.3. The van der Waals surface area contributed by atoms with Crippen LogP contribution < -0.4 is 110 Å². The van der Waals surface area contributed by atoms with E-state index in [-0.39, 0.29) is 92.5 Å². The SMILES string of the molecule is CC[NH+](CC)CC.C[n+]1ccn(P(=O)([O-])OCC2OC(n3ccc(=O)[nH]c3=O)C(O)C2O)c1.NCCOCCO.NCCOCCOP(=O)([O-])OP(=O)([O-])OCC1OC(n2ccc(=O)[nH]c2=O)C(O)C1O.O=C(NCCOCCOP(=O)([O-])[O-])C(F)(F)F.O=C(O)c1cc(NC(=S)NCCOCCOP(=O)([O-])OP(=O)([O-])OCC2OC(n3ccc(=O)[nH]c3=O)C(O)C2O)ccc1-c1c2ccc(=O)cc-2oc2cc(O)ccc12.[3H]I(C)F. The van der Waals surface area contributed by atoms with Crippen molar-refractivity contribution in [1.29, 1.82) is 0.594 Å². The molecule has 0 bridgehead atoms. The van der Waals surface area contributed by atoms with Crippen LogP contribution in [0, 0.1) is 0 Å². The number of hydrogen-bond donors (Lipinski definition) is 18. The van der Waals surface area contributed by atoms with Crippen molar-refractivity contribution in [2.75, 3.05) is 155 Å². The fraction of sp³-hybridized carbons (Fsp3) is 0.519. The van der Waals surface area contributed by atoms with Crippen LogP contribution in [0.5, 0.6) is 5.75 Å². The van der Waals surface area contributed by atoms with Crippen LogP contribution in [0.3, 0.4) is 0 Å². The van der Waals surface area contributed by atoms with E-state index in [2.05, 4.69) is 67.4 Å². The van der Waals surface area contributed by atoms with Crippen LogP contribution in [0.4, 0.5) is 21.7 Å². The molecule has 17 unspecified atom stereocenters. The van der Waals surface area contributed by atoms with Crippen LogP contribution in [0.1, 0.15) is 49.8 Å². The van der Waals surface area contributed by atoms with Gasteiger partial charge in [0.2, 0.25) is 6.33 Å². The first-order chi connectivity index (χ1) is 70.7. The van der Waals surface area contributed by atoms with Crippen LogP contribution >= 0.6 is 80.7 Å². The van der Waals surface area contributed by atoms with Gasteiger partial charge in [-0.15, -0.1) is 0 Å². The molecule has 0 radical (unpaired) electrons. The van der Waals surface area contributed by atoms with Crippen LogP contribution in [-0.2, 0) is 108 Å². The minimum absolute atomic E-state index is 0.0563. The summed E-state index contributed by atoms with van der Waals surface area (Å²) >= 11 is 2.78. The minimum atomic E-state index is -5.64. The van der Waals surface area contributed by atoms with E-state index < -0.39 is 240 Å². The number of aromatic hydroxyl groups is 1. The Morgan fingerprint density at radius 3 is 1.37 bits per heavy atom. The summed E-state index contributed by atoms with van der Waals surface area (Å²) in [6.45, 7) is 6.55. The number of aliphatic hydroxyl groups is 7. The van der Waals surface area contributed by atoms with E-state index in [0.717, 1.165) is 54.8 Å². The molecule has 5 aliphatic rings. The molecule has 11 rings (SSSR count). The Morgan fingerprint density at radius 1 is 0.560 bits per heavy atom. The number of carboxylic acids is 1. The number of fused-ring (bicyclic) bond motifs is 2. The summed E-state index contributed by atoms with van der Waals surface area (Å²) in [5.41, 5.74) is 6.63. The molecule has 61 nitrogen and oxygen atoms in total. The number of aliphatic hydroxyl groups excluding tert-OH is 7. The van der Waals surface area contributed by atoms with Gasteiger partial charge in [-0.2, -0.15) is 17.5 Å². The molecule has 3 fully saturated rings. The number of aromatic amines is 3. The van der Waals surface area contributed by atoms with Gasteiger partial charge in [-0.05, 0) is 75.0 Å². The van der Waals surface area contributed by atoms with Gasteiger partial charge in [-0.25, -0.2) is 32.4 Å². The number of carbonyl (C=O) groups is 2. The standard InChI is InChI=1S/C34H34N4O18P2S.C13H17N4O8P.C13H23N3O13P2.C6H11F3NO6P.C6H15N.C4H11NO2.CH4FI/c39-18-2-5-21-24(14-18)54-25-15-19(40)3-6-22(25)28(21)20-4-1-17(13-23(20)32(44)45)36-33(59)35-8-10-51-11-12-52-57(47,48)56-58(49,50)53-16-26-29(42)30(43)31(55-26)38-9-7-27(41)37-34(38)46;1-15-4-5-16(7-15)26(22,23)24-6-8-10(19)11(20)12(25-8)17-3-2-9(18)14-13(17)21;14-2-4-25-5-6-26-30(21,22)29-31(23,24)27-7-8-10(18)11(19)12(28-8)16-3-1-9(17)15-13(16)20;7-6(8,9)5(11)10-1-2-15-3-4-16-17(12,13)14;1-4-7(5-2)6-3;5-1-3-7-4-2-6;1-3-2/h1-7,9,13-15,26,29-31,39,42-43H,8,10-12,16H2,(H,44,45)(H,47,48)(H,49,50)(H2,35,36,59)(H,37,41,46);2-5,7-8,10-12,19-20H,6H2,1H3,(H-,14,18,21,22,23);1,3,8,10-12,18-19H,2,4-7,14H2,(H,21,22)(H,23,24)(H,15,17,20);1-4H2,(H,10,11)(H2,12,13,14);4-6H2,1-3H3;6H,1-5H2;3H,1H3/p-5/i;;;;;;3T. The number of nitrogens with two attached hydrogens (primary N) is 2. The number of phenolic OH excluding ortho intramolecular Hbond substituents is 1. The number of alkyl halides is 4. The molecule has 6 aromatic rings. The summed E-state index contributed by atoms with van der Waals surface area (Å²) in [5.74, 6) is -3.27. The third-order valence-electron chi connectivity index (χ3n) is 19.5. The molecular formula is C77H110F4IN14O47P6S-5. The Kier molecular flexibility index (Phi) is 54.9. The number of aromatic carboxylic acids is 1. The molecule has 2 aromatic carbocycles. The molecule has 8 heterocycles. The fourth-order valence-corrected chi connectivity index (χ4v) is 18.1. The maximum absolute atomic E-state index is 12.5. The number of aryl methyl sites for hydroxylation is 1. The molecule has 0 saturated carbocycles. The van der Waals surface area contributed by atoms with Gasteiger partial charge in [0.25, 0.3) is 48.0 Å². The van der Waals surface area contributed by atoms with Crippen molar-refractivity contribution in [2.24, 2.45) is 18.5 Å². The average molecular weight is 2410 g/mol. The van der Waals surface area contributed by atoms with E-state index in [0.29, 0.717) is 47.5 Å². The molecule has 4 aliphatic heterocycles. The number of benzene rings is 3. The second-order valence-electron chi connectivity index (χ2n) is 30.1. The van der Waals surface area contributed by atoms with E-state index in [1.54, 1.807) is 30.1 Å². The summed E-state index contributed by atoms with van der Waals surface area (Å²) < 4.78 is 202. The van der Waals surface area contributed by atoms with Crippen LogP contribution in [0.15, 0.2) is 148 Å². The number of anilines is 1. The zero-order valence-corrected chi connectivity index (χ0v) is 87.6. The number of ether oxygens (including phenoxy) is 7. The second-order valence-corrected chi connectivity index (χ2v) is 40.1. The topological polar surface area (TPSA) is 915 Å². The molecule has 1 aliphatic carbocycles. The van der Waals surface area contributed by atoms with E-state index in [1.807, 2.05) is 15.0 Å². The number of imidazole rings is 1. The van der Waals surface area contributed by atoms with Gasteiger partial charge in [0.05, 0.1) is 139 Å². The number of H-pyrrole nitrogens is 3. The van der Waals surface area contributed by atoms with Gasteiger partial charge in [0, 0.05) is 97.3 Å². The van der Waals surface area contributed by atoms with E-state index in [4.69, 9.17) is 66.7 Å². The average Bonchev–Trinajstić information content (AvgIpc) is 1.27. The van der Waals surface area contributed by atoms with Crippen molar-refractivity contribution >= 4 is 114 Å². The number of carbonyl (C=O) groups excluding carboxylic acids is 1. The molecule has 4 aromatic heterocycles. The Hall–Kier alpha value is -8.64. The van der Waals surface area contributed by atoms with Gasteiger partial charge >= 0.3 is 72.8 Å². The van der Waals surface area contributed by atoms with Crippen LogP contribution in [0.2, 0.25) is 0 Å². The van der Waals surface area contributed by atoms with Gasteiger partial charge in [0.1, 0.15) is 84.4 Å². The first-order valence-corrected chi connectivity index (χ1v) is 55.7. The van der Waals surface area contributed by atoms with Crippen molar-refractivity contribution < 1.29 is 216 Å². The molecule has 150 heavy (non-hydrogen) atoms. The van der Waals surface area contributed by atoms with Gasteiger partial charge in [-0.1, -0.05) is 6.07 Å². The Bertz CT molecular complexity index is 6380. The van der Waals surface area contributed by atoms with Crippen molar-refractivity contribution in [3.63, 3.8) is 0 Å². The number of phosphoric acid groups is 5. The van der Waals surface area contributed by atoms with E-state index in [9.17, 15) is 162 Å². The van der Waals surface area contributed by atoms with Gasteiger partial charge in [0.15, 0.2) is 29.2 Å². The molecular weight excluding hydrogens is 2290 g/mol. The maximum atomic E-state index is 12.5.